The molecular weight excluding hydrogens is 357 g/mol. The molecule has 2 aromatic heterocycles. The predicted octanol–water partition coefficient (Wildman–Crippen LogP) is 2.58. The Morgan fingerprint density at radius 2 is 1.84 bits per heavy atom. The average Bonchev–Trinajstić information content (AvgIpc) is 2.99. The molecule has 0 aliphatic rings. The molecule has 0 aliphatic heterocycles. The average molecular weight is 370 g/mol. The van der Waals surface area contributed by atoms with Crippen molar-refractivity contribution in [3.63, 3.8) is 0 Å². The number of halogens is 3. The zero-order valence-corrected chi connectivity index (χ0v) is 13.5. The molecule has 0 spiro atoms. The minimum atomic E-state index is -4.60. The minimum absolute atomic E-state index is 0.0196. The Hall–Kier alpha value is -2.46. The summed E-state index contributed by atoms with van der Waals surface area (Å²) in [5, 5.41) is 5.95. The molecule has 0 aliphatic carbocycles. The van der Waals surface area contributed by atoms with Crippen LogP contribution >= 0.6 is 0 Å². The summed E-state index contributed by atoms with van der Waals surface area (Å²) >= 11 is 0. The molecule has 2 heterocycles. The van der Waals surface area contributed by atoms with Crippen LogP contribution in [0.5, 0.6) is 0 Å². The van der Waals surface area contributed by atoms with Gasteiger partial charge in [-0.05, 0) is 17.7 Å². The number of hydrogen-bond donors (Lipinski definition) is 2. The van der Waals surface area contributed by atoms with E-state index in [4.69, 9.17) is 0 Å². The number of nitrogens with one attached hydrogen (secondary N) is 2. The van der Waals surface area contributed by atoms with Crippen LogP contribution in [-0.2, 0) is 10.0 Å². The van der Waals surface area contributed by atoms with Crippen LogP contribution in [0.1, 0.15) is 11.5 Å². The van der Waals surface area contributed by atoms with Gasteiger partial charge in [0.25, 0.3) is 10.0 Å². The summed E-state index contributed by atoms with van der Waals surface area (Å²) in [6.45, 7) is -0.823. The number of aromatic nitrogens is 3. The second-order valence-corrected chi connectivity index (χ2v) is 6.99. The topological polar surface area (TPSA) is 87.7 Å². The maximum absolute atomic E-state index is 13.3. The van der Waals surface area contributed by atoms with E-state index in [9.17, 15) is 21.6 Å². The van der Waals surface area contributed by atoms with Crippen molar-refractivity contribution in [1.82, 2.24) is 19.9 Å². The van der Waals surface area contributed by atoms with Crippen molar-refractivity contribution < 1.29 is 21.6 Å². The van der Waals surface area contributed by atoms with E-state index >= 15 is 0 Å². The molecule has 3 aromatic rings. The summed E-state index contributed by atoms with van der Waals surface area (Å²) in [5.41, 5.74) is 0.146. The molecule has 0 fully saturated rings. The van der Waals surface area contributed by atoms with Gasteiger partial charge in [0.1, 0.15) is 0 Å². The van der Waals surface area contributed by atoms with Crippen molar-refractivity contribution in [2.45, 2.75) is 17.1 Å². The number of pyridine rings is 1. The molecule has 0 amide bonds. The molecule has 0 unspecified atom stereocenters. The van der Waals surface area contributed by atoms with Gasteiger partial charge in [0.2, 0.25) is 0 Å². The Balaban J connectivity index is 1.87. The summed E-state index contributed by atoms with van der Waals surface area (Å²) in [6, 6.07) is 10.1. The zero-order chi connectivity index (χ0) is 18.1. The quantitative estimate of drug-likeness (QED) is 0.723. The van der Waals surface area contributed by atoms with Crippen LogP contribution < -0.4 is 4.72 Å². The van der Waals surface area contributed by atoms with Gasteiger partial charge in [-0.15, -0.1) is 0 Å². The molecule has 2 N–H and O–H groups in total. The summed E-state index contributed by atoms with van der Waals surface area (Å²) in [5.74, 6) is -1.96. The molecular formula is C15H13F3N4O2S. The lowest BCUT2D eigenvalue weighted by Crippen LogP contribution is -2.35. The van der Waals surface area contributed by atoms with Crippen molar-refractivity contribution in [2.24, 2.45) is 0 Å². The molecule has 25 heavy (non-hydrogen) atoms. The number of benzene rings is 1. The second-order valence-electron chi connectivity index (χ2n) is 5.28. The van der Waals surface area contributed by atoms with E-state index in [1.165, 1.54) is 42.6 Å². The number of fused-ring (bicyclic) bond motifs is 1. The van der Waals surface area contributed by atoms with Gasteiger partial charge < -0.3 is 0 Å². The first kappa shape index (κ1) is 17.4. The van der Waals surface area contributed by atoms with Crippen molar-refractivity contribution in [3.8, 4) is 0 Å². The highest BCUT2D eigenvalue weighted by atomic mass is 32.2. The molecule has 0 saturated carbocycles. The molecule has 0 radical (unpaired) electrons. The van der Waals surface area contributed by atoms with Crippen molar-refractivity contribution in [2.75, 3.05) is 6.54 Å². The fourth-order valence-electron chi connectivity index (χ4n) is 2.41. The molecule has 1 aromatic carbocycles. The number of alkyl halides is 3. The van der Waals surface area contributed by atoms with E-state index in [1.54, 1.807) is 6.07 Å². The first-order chi connectivity index (χ1) is 11.8. The molecule has 6 nitrogen and oxygen atoms in total. The maximum atomic E-state index is 13.3. The number of hydrogen-bond acceptors (Lipinski definition) is 4. The third-order valence-electron chi connectivity index (χ3n) is 3.64. The van der Waals surface area contributed by atoms with Gasteiger partial charge >= 0.3 is 6.18 Å². The lowest BCUT2D eigenvalue weighted by molar-refractivity contribution is -0.148. The van der Waals surface area contributed by atoms with E-state index < -0.39 is 28.7 Å². The predicted molar refractivity (Wildman–Crippen MR) is 84.3 cm³/mol. The Labute approximate surface area is 141 Å². The van der Waals surface area contributed by atoms with Gasteiger partial charge in [0, 0.05) is 12.7 Å². The van der Waals surface area contributed by atoms with Crippen LogP contribution in [0.15, 0.2) is 53.7 Å². The highest BCUT2D eigenvalue weighted by Gasteiger charge is 2.41. The molecule has 10 heteroatoms. The van der Waals surface area contributed by atoms with Gasteiger partial charge in [-0.25, -0.2) is 18.1 Å². The fourth-order valence-corrected chi connectivity index (χ4v) is 3.55. The lowest BCUT2D eigenvalue weighted by Gasteiger charge is -2.21. The van der Waals surface area contributed by atoms with E-state index in [1.807, 2.05) is 4.72 Å². The third-order valence-corrected chi connectivity index (χ3v) is 5.03. The van der Waals surface area contributed by atoms with Gasteiger partial charge in [0.05, 0.1) is 11.3 Å². The standard InChI is InChI=1S/C15H13F3N4O2S/c16-15(17,18)12(10-5-2-1-3-6-10)9-20-25(23,24)14-11-7-4-8-19-13(11)21-22-14/h1-8,12,20H,9H2,(H,19,21,22)/t12-/m0/s1. The smallest absolute Gasteiger partial charge is 0.263 e. The number of rotatable bonds is 5. The Bertz CT molecular complexity index is 971. The van der Waals surface area contributed by atoms with Crippen LogP contribution in [0.2, 0.25) is 0 Å². The van der Waals surface area contributed by atoms with Crippen molar-refractivity contribution in [1.29, 1.82) is 0 Å². The van der Waals surface area contributed by atoms with E-state index in [-0.39, 0.29) is 21.6 Å². The van der Waals surface area contributed by atoms with Gasteiger partial charge in [-0.1, -0.05) is 30.3 Å². The summed E-state index contributed by atoms with van der Waals surface area (Å²) in [7, 11) is -4.21. The first-order valence-corrected chi connectivity index (χ1v) is 8.68. The van der Waals surface area contributed by atoms with E-state index in [0.717, 1.165) is 0 Å². The first-order valence-electron chi connectivity index (χ1n) is 7.19. The maximum Gasteiger partial charge on any atom is 0.396 e. The molecule has 0 bridgehead atoms. The second kappa shape index (κ2) is 6.45. The largest absolute Gasteiger partial charge is 0.396 e. The van der Waals surface area contributed by atoms with Crippen molar-refractivity contribution >= 4 is 21.1 Å². The van der Waals surface area contributed by atoms with Gasteiger partial charge in [-0.3, -0.25) is 5.10 Å². The number of nitrogens with zero attached hydrogens (tertiary/aromatic N) is 2. The summed E-state index contributed by atoms with van der Waals surface area (Å²) in [6.07, 6.45) is -3.16. The van der Waals surface area contributed by atoms with E-state index in [0.29, 0.717) is 0 Å². The number of sulfonamides is 1. The molecule has 1 atom stereocenters. The van der Waals surface area contributed by atoms with Crippen LogP contribution in [0.3, 0.4) is 0 Å². The number of H-pyrrole nitrogens is 1. The van der Waals surface area contributed by atoms with Gasteiger partial charge in [0.15, 0.2) is 10.7 Å². The zero-order valence-electron chi connectivity index (χ0n) is 12.7. The lowest BCUT2D eigenvalue weighted by atomic mass is 9.99. The van der Waals surface area contributed by atoms with Crippen LogP contribution in [0.25, 0.3) is 11.0 Å². The Kier molecular flexibility index (Phi) is 4.48. The Morgan fingerprint density at radius 1 is 1.12 bits per heavy atom. The molecule has 3 rings (SSSR count). The summed E-state index contributed by atoms with van der Waals surface area (Å²) < 4.78 is 66.7. The van der Waals surface area contributed by atoms with E-state index in [2.05, 4.69) is 15.2 Å². The van der Waals surface area contributed by atoms with Crippen molar-refractivity contribution in [3.05, 3.63) is 54.2 Å². The Morgan fingerprint density at radius 3 is 2.52 bits per heavy atom. The highest BCUT2D eigenvalue weighted by molar-refractivity contribution is 7.89. The number of aromatic amines is 1. The van der Waals surface area contributed by atoms with Crippen LogP contribution in [0.4, 0.5) is 13.2 Å². The minimum Gasteiger partial charge on any atom is -0.263 e. The normalized spacial score (nSPS) is 13.9. The van der Waals surface area contributed by atoms with Gasteiger partial charge in [-0.2, -0.15) is 18.3 Å². The highest BCUT2D eigenvalue weighted by Crippen LogP contribution is 2.34. The fraction of sp³-hybridized carbons (Fsp3) is 0.200. The monoisotopic (exact) mass is 370 g/mol. The van der Waals surface area contributed by atoms with Crippen LogP contribution in [0, 0.1) is 0 Å². The summed E-state index contributed by atoms with van der Waals surface area (Å²) in [4.78, 5) is 3.88. The SMILES string of the molecule is O=S(=O)(NC[C@@H](c1ccccc1)C(F)(F)F)c1[nH]nc2ncccc12. The van der Waals surface area contributed by atoms with Crippen LogP contribution in [-0.4, -0.2) is 36.3 Å². The molecule has 132 valence electrons. The molecule has 0 saturated heterocycles. The third kappa shape index (κ3) is 3.64.